The lowest BCUT2D eigenvalue weighted by atomic mass is 10.1. The van der Waals surface area contributed by atoms with Crippen molar-refractivity contribution < 1.29 is 0 Å². The van der Waals surface area contributed by atoms with Crippen molar-refractivity contribution in [2.45, 2.75) is 26.2 Å². The van der Waals surface area contributed by atoms with Crippen molar-refractivity contribution in [3.05, 3.63) is 35.4 Å². The fraction of sp³-hybridized carbons (Fsp3) is 0.462. The third kappa shape index (κ3) is 2.82. The summed E-state index contributed by atoms with van der Waals surface area (Å²) in [5.41, 5.74) is 2.82. The molecule has 0 saturated heterocycles. The highest BCUT2D eigenvalue weighted by Gasteiger charge is 2.04. The van der Waals surface area contributed by atoms with Crippen LogP contribution in [0.15, 0.2) is 29.3 Å². The number of nitrogens with zero attached hydrogens (tertiary/aromatic N) is 1. The van der Waals surface area contributed by atoms with Gasteiger partial charge in [-0.2, -0.15) is 0 Å². The number of aliphatic imine (C=N–C) groups is 1. The van der Waals surface area contributed by atoms with E-state index in [2.05, 4.69) is 41.5 Å². The summed E-state index contributed by atoms with van der Waals surface area (Å²) in [6.07, 6.45) is 3.26. The summed E-state index contributed by atoms with van der Waals surface area (Å²) in [6, 6.07) is 8.90. The summed E-state index contributed by atoms with van der Waals surface area (Å²) in [6.45, 7) is 4.15. The summed E-state index contributed by atoms with van der Waals surface area (Å²) in [4.78, 5) is 4.39. The lowest BCUT2D eigenvalue weighted by Gasteiger charge is -2.03. The molecule has 2 nitrogen and oxygen atoms in total. The van der Waals surface area contributed by atoms with Gasteiger partial charge in [-0.15, -0.1) is 0 Å². The molecule has 0 atom stereocenters. The average Bonchev–Trinajstić information content (AvgIpc) is 2.80. The van der Waals surface area contributed by atoms with E-state index in [0.717, 1.165) is 32.4 Å². The zero-order valence-electron chi connectivity index (χ0n) is 9.29. The van der Waals surface area contributed by atoms with Gasteiger partial charge in [0.05, 0.1) is 12.4 Å². The molecule has 0 aromatic heterocycles. The highest BCUT2D eigenvalue weighted by Crippen LogP contribution is 2.08. The van der Waals surface area contributed by atoms with Crippen LogP contribution in [0.5, 0.6) is 0 Å². The van der Waals surface area contributed by atoms with Crippen LogP contribution in [0, 0.1) is 0 Å². The topological polar surface area (TPSA) is 24.4 Å². The van der Waals surface area contributed by atoms with E-state index in [4.69, 9.17) is 0 Å². The Hall–Kier alpha value is -1.31. The van der Waals surface area contributed by atoms with E-state index >= 15 is 0 Å². The number of aryl methyl sites for hydroxylation is 2. The maximum absolute atomic E-state index is 4.39. The first-order chi connectivity index (χ1) is 7.38. The summed E-state index contributed by atoms with van der Waals surface area (Å²) in [5, 5.41) is 3.30. The molecule has 0 aliphatic carbocycles. The normalized spacial score (nSPS) is 14.9. The predicted octanol–water partition coefficient (Wildman–Crippen LogP) is 2.18. The zero-order chi connectivity index (χ0) is 10.5. The molecule has 15 heavy (non-hydrogen) atoms. The number of amidine groups is 1. The molecule has 2 heteroatoms. The van der Waals surface area contributed by atoms with E-state index in [-0.39, 0.29) is 0 Å². The second kappa shape index (κ2) is 4.96. The molecule has 1 heterocycles. The zero-order valence-corrected chi connectivity index (χ0v) is 9.29. The van der Waals surface area contributed by atoms with Crippen molar-refractivity contribution in [3.63, 3.8) is 0 Å². The molecule has 0 spiro atoms. The van der Waals surface area contributed by atoms with Crippen LogP contribution in [-0.4, -0.2) is 18.9 Å². The van der Waals surface area contributed by atoms with Crippen LogP contribution in [0.3, 0.4) is 0 Å². The number of benzene rings is 1. The minimum Gasteiger partial charge on any atom is -0.372 e. The Bertz CT molecular complexity index is 338. The Labute approximate surface area is 91.4 Å². The Morgan fingerprint density at radius 1 is 1.13 bits per heavy atom. The van der Waals surface area contributed by atoms with E-state index < -0.39 is 0 Å². The van der Waals surface area contributed by atoms with Gasteiger partial charge < -0.3 is 5.32 Å². The van der Waals surface area contributed by atoms with Crippen molar-refractivity contribution >= 4 is 5.84 Å². The Morgan fingerprint density at radius 3 is 2.47 bits per heavy atom. The van der Waals surface area contributed by atoms with Crippen LogP contribution in [0.4, 0.5) is 0 Å². The molecular weight excluding hydrogens is 184 g/mol. The van der Waals surface area contributed by atoms with Gasteiger partial charge in [-0.25, -0.2) is 0 Å². The van der Waals surface area contributed by atoms with Gasteiger partial charge in [-0.1, -0.05) is 31.2 Å². The SMILES string of the molecule is CCc1ccc(CCC2=NCCN2)cc1. The minimum absolute atomic E-state index is 0.949. The third-order valence-electron chi connectivity index (χ3n) is 2.83. The predicted molar refractivity (Wildman–Crippen MR) is 64.4 cm³/mol. The van der Waals surface area contributed by atoms with Crippen molar-refractivity contribution in [1.82, 2.24) is 5.32 Å². The van der Waals surface area contributed by atoms with Crippen LogP contribution in [0.25, 0.3) is 0 Å². The molecule has 2 rings (SSSR count). The van der Waals surface area contributed by atoms with E-state index in [9.17, 15) is 0 Å². The first kappa shape index (κ1) is 10.2. The first-order valence-corrected chi connectivity index (χ1v) is 5.73. The van der Waals surface area contributed by atoms with Crippen molar-refractivity contribution in [2.75, 3.05) is 13.1 Å². The number of hydrogen-bond acceptors (Lipinski definition) is 2. The van der Waals surface area contributed by atoms with E-state index in [1.54, 1.807) is 0 Å². The summed E-state index contributed by atoms with van der Waals surface area (Å²) >= 11 is 0. The van der Waals surface area contributed by atoms with Crippen LogP contribution < -0.4 is 5.32 Å². The summed E-state index contributed by atoms with van der Waals surface area (Å²) in [5.74, 6) is 1.18. The molecule has 0 radical (unpaired) electrons. The van der Waals surface area contributed by atoms with Crippen LogP contribution in [0.1, 0.15) is 24.5 Å². The fourth-order valence-corrected chi connectivity index (χ4v) is 1.82. The van der Waals surface area contributed by atoms with Gasteiger partial charge >= 0.3 is 0 Å². The molecule has 1 aromatic rings. The monoisotopic (exact) mass is 202 g/mol. The molecule has 0 saturated carbocycles. The van der Waals surface area contributed by atoms with E-state index in [0.29, 0.717) is 0 Å². The largest absolute Gasteiger partial charge is 0.372 e. The molecule has 80 valence electrons. The Balaban J connectivity index is 1.87. The van der Waals surface area contributed by atoms with Gasteiger partial charge in [-0.05, 0) is 24.0 Å². The quantitative estimate of drug-likeness (QED) is 0.795. The maximum Gasteiger partial charge on any atom is 0.0967 e. The third-order valence-corrected chi connectivity index (χ3v) is 2.83. The first-order valence-electron chi connectivity index (χ1n) is 5.73. The molecule has 0 amide bonds. The molecule has 1 aromatic carbocycles. The second-order valence-electron chi connectivity index (χ2n) is 3.93. The highest BCUT2D eigenvalue weighted by molar-refractivity contribution is 5.83. The fourth-order valence-electron chi connectivity index (χ4n) is 1.82. The molecule has 1 aliphatic rings. The molecule has 1 N–H and O–H groups in total. The molecule has 1 aliphatic heterocycles. The van der Waals surface area contributed by atoms with Crippen molar-refractivity contribution in [2.24, 2.45) is 4.99 Å². The van der Waals surface area contributed by atoms with Gasteiger partial charge in [0, 0.05) is 13.0 Å². The lowest BCUT2D eigenvalue weighted by molar-refractivity contribution is 0.933. The summed E-state index contributed by atoms with van der Waals surface area (Å²) < 4.78 is 0. The molecule has 0 bridgehead atoms. The van der Waals surface area contributed by atoms with Gasteiger partial charge in [0.25, 0.3) is 0 Å². The molecule has 0 unspecified atom stereocenters. The smallest absolute Gasteiger partial charge is 0.0967 e. The number of rotatable bonds is 4. The second-order valence-corrected chi connectivity index (χ2v) is 3.93. The number of hydrogen-bond donors (Lipinski definition) is 1. The van der Waals surface area contributed by atoms with Gasteiger partial charge in [0.1, 0.15) is 0 Å². The number of nitrogens with one attached hydrogen (secondary N) is 1. The van der Waals surface area contributed by atoms with Gasteiger partial charge in [0.2, 0.25) is 0 Å². The van der Waals surface area contributed by atoms with Gasteiger partial charge in [0.15, 0.2) is 0 Å². The highest BCUT2D eigenvalue weighted by atomic mass is 15.1. The van der Waals surface area contributed by atoms with Crippen LogP contribution in [-0.2, 0) is 12.8 Å². The van der Waals surface area contributed by atoms with Gasteiger partial charge in [-0.3, -0.25) is 4.99 Å². The minimum atomic E-state index is 0.949. The molecular formula is C13H18N2. The summed E-state index contributed by atoms with van der Waals surface area (Å²) in [7, 11) is 0. The Kier molecular flexibility index (Phi) is 3.38. The van der Waals surface area contributed by atoms with Crippen molar-refractivity contribution in [1.29, 1.82) is 0 Å². The standard InChI is InChI=1S/C13H18N2/c1-2-11-3-5-12(6-4-11)7-8-13-14-9-10-15-13/h3-6H,2,7-10H2,1H3,(H,14,15). The molecule has 0 fully saturated rings. The van der Waals surface area contributed by atoms with Crippen LogP contribution >= 0.6 is 0 Å². The maximum atomic E-state index is 4.39. The van der Waals surface area contributed by atoms with E-state index in [1.807, 2.05) is 0 Å². The van der Waals surface area contributed by atoms with E-state index in [1.165, 1.54) is 17.0 Å². The van der Waals surface area contributed by atoms with Crippen molar-refractivity contribution in [3.8, 4) is 0 Å². The lowest BCUT2D eigenvalue weighted by Crippen LogP contribution is -2.18. The van der Waals surface area contributed by atoms with Crippen LogP contribution in [0.2, 0.25) is 0 Å². The average molecular weight is 202 g/mol. The Morgan fingerprint density at radius 2 is 1.87 bits per heavy atom.